The van der Waals surface area contributed by atoms with Gasteiger partial charge in [-0.3, -0.25) is 0 Å². The highest BCUT2D eigenvalue weighted by Gasteiger charge is 2.35. The van der Waals surface area contributed by atoms with Gasteiger partial charge in [0.15, 0.2) is 0 Å². The summed E-state index contributed by atoms with van der Waals surface area (Å²) >= 11 is 0. The van der Waals surface area contributed by atoms with Gasteiger partial charge in [0.2, 0.25) is 0 Å². The number of hydrogen-bond donors (Lipinski definition) is 0. The van der Waals surface area contributed by atoms with Crippen LogP contribution in [0.25, 0.3) is 11.1 Å². The van der Waals surface area contributed by atoms with Gasteiger partial charge in [0, 0.05) is 5.92 Å². The van der Waals surface area contributed by atoms with E-state index in [0.29, 0.717) is 5.92 Å². The monoisotopic (exact) mass is 412 g/mol. The molecule has 0 saturated heterocycles. The molecule has 0 N–H and O–H groups in total. The molecule has 0 radical (unpaired) electrons. The highest BCUT2D eigenvalue weighted by atomic mass is 14.4. The van der Waals surface area contributed by atoms with Gasteiger partial charge in [-0.05, 0) is 68.0 Å². The first kappa shape index (κ1) is 22.1. The van der Waals surface area contributed by atoms with Gasteiger partial charge in [0.25, 0.3) is 0 Å². The lowest BCUT2D eigenvalue weighted by Gasteiger charge is -2.31. The van der Waals surface area contributed by atoms with E-state index in [1.54, 1.807) is 5.57 Å². The molecule has 1 unspecified atom stereocenters. The second-order valence-electron chi connectivity index (χ2n) is 12.8. The Labute approximate surface area is 190 Å². The largest absolute Gasteiger partial charge is 0.0805 e. The summed E-state index contributed by atoms with van der Waals surface area (Å²) < 4.78 is 0. The molecule has 0 saturated carbocycles. The van der Waals surface area contributed by atoms with Crippen molar-refractivity contribution >= 4 is 0 Å². The Morgan fingerprint density at radius 3 is 1.87 bits per heavy atom. The zero-order chi connectivity index (χ0) is 22.8. The van der Waals surface area contributed by atoms with Crippen LogP contribution in [0.1, 0.15) is 109 Å². The van der Waals surface area contributed by atoms with Gasteiger partial charge in [-0.25, -0.2) is 0 Å². The Morgan fingerprint density at radius 2 is 1.32 bits per heavy atom. The first-order valence-corrected chi connectivity index (χ1v) is 11.9. The molecule has 4 rings (SSSR count). The molecule has 0 aliphatic heterocycles. The van der Waals surface area contributed by atoms with Gasteiger partial charge in [-0.1, -0.05) is 116 Å². The topological polar surface area (TPSA) is 0 Å². The summed E-state index contributed by atoms with van der Waals surface area (Å²) in [6.07, 6.45) is 9.08. The second kappa shape index (κ2) is 7.22. The highest BCUT2D eigenvalue weighted by molar-refractivity contribution is 5.81. The molecular formula is C31H40. The Hall–Kier alpha value is -2.08. The molecule has 0 fully saturated rings. The SMILES string of the molecule is CC(C)(C)c1ccc2c(c1)C(CC1=CC=CC1)c1cc(C(C)(C)C)c(C(C)(C)C)cc1-2. The molecule has 0 amide bonds. The van der Waals surface area contributed by atoms with Crippen LogP contribution in [0.5, 0.6) is 0 Å². The summed E-state index contributed by atoms with van der Waals surface area (Å²) in [6.45, 7) is 21.1. The molecule has 0 heterocycles. The maximum atomic E-state index is 2.57. The molecule has 31 heavy (non-hydrogen) atoms. The van der Waals surface area contributed by atoms with Crippen LogP contribution in [0.2, 0.25) is 0 Å². The molecule has 0 nitrogen and oxygen atoms in total. The average molecular weight is 413 g/mol. The summed E-state index contributed by atoms with van der Waals surface area (Å²) in [6, 6.07) is 12.4. The van der Waals surface area contributed by atoms with Crippen LogP contribution in [-0.4, -0.2) is 0 Å². The molecule has 0 bridgehead atoms. The van der Waals surface area contributed by atoms with E-state index in [0.717, 1.165) is 12.8 Å². The van der Waals surface area contributed by atoms with E-state index < -0.39 is 0 Å². The van der Waals surface area contributed by atoms with E-state index in [4.69, 9.17) is 0 Å². The standard InChI is InChI=1S/C31H40/c1-29(2,3)21-14-15-22-24(17-21)23(16-20-12-10-11-13-20)26-19-28(31(7,8)9)27(18-25(22)26)30(4,5)6/h10-12,14-15,17-19,23H,13,16H2,1-9H3. The zero-order valence-corrected chi connectivity index (χ0v) is 21.1. The van der Waals surface area contributed by atoms with Crippen molar-refractivity contribution in [1.29, 1.82) is 0 Å². The van der Waals surface area contributed by atoms with Crippen molar-refractivity contribution in [2.24, 2.45) is 0 Å². The van der Waals surface area contributed by atoms with Crippen LogP contribution in [-0.2, 0) is 16.2 Å². The fourth-order valence-corrected chi connectivity index (χ4v) is 5.23. The summed E-state index contributed by atoms with van der Waals surface area (Å²) in [7, 11) is 0. The Bertz CT molecular complexity index is 1070. The van der Waals surface area contributed by atoms with Gasteiger partial charge in [-0.2, -0.15) is 0 Å². The van der Waals surface area contributed by atoms with E-state index in [1.165, 1.54) is 38.9 Å². The van der Waals surface area contributed by atoms with Gasteiger partial charge in [0.05, 0.1) is 0 Å². The van der Waals surface area contributed by atoms with Crippen molar-refractivity contribution in [1.82, 2.24) is 0 Å². The zero-order valence-electron chi connectivity index (χ0n) is 21.1. The quantitative estimate of drug-likeness (QED) is 0.461. The van der Waals surface area contributed by atoms with Crippen molar-refractivity contribution in [3.8, 4) is 11.1 Å². The minimum Gasteiger partial charge on any atom is -0.0805 e. The third kappa shape index (κ3) is 4.07. The molecule has 0 aromatic heterocycles. The van der Waals surface area contributed by atoms with Gasteiger partial charge < -0.3 is 0 Å². The number of hydrogen-bond acceptors (Lipinski definition) is 0. The third-order valence-corrected chi connectivity index (χ3v) is 7.08. The fourth-order valence-electron chi connectivity index (χ4n) is 5.23. The van der Waals surface area contributed by atoms with Crippen molar-refractivity contribution in [2.75, 3.05) is 0 Å². The Morgan fingerprint density at radius 1 is 0.710 bits per heavy atom. The van der Waals surface area contributed by atoms with Crippen molar-refractivity contribution in [3.63, 3.8) is 0 Å². The first-order valence-electron chi connectivity index (χ1n) is 11.9. The van der Waals surface area contributed by atoms with Crippen LogP contribution in [0.4, 0.5) is 0 Å². The Balaban J connectivity index is 1.96. The molecule has 2 aromatic rings. The van der Waals surface area contributed by atoms with Crippen molar-refractivity contribution in [2.45, 2.75) is 97.3 Å². The van der Waals surface area contributed by atoms with Crippen LogP contribution in [0.15, 0.2) is 54.1 Å². The molecular weight excluding hydrogens is 372 g/mol. The lowest BCUT2D eigenvalue weighted by molar-refractivity contribution is 0.529. The van der Waals surface area contributed by atoms with Crippen LogP contribution in [0.3, 0.4) is 0 Å². The van der Waals surface area contributed by atoms with E-state index in [1.807, 2.05) is 0 Å². The molecule has 2 aromatic carbocycles. The van der Waals surface area contributed by atoms with Gasteiger partial charge >= 0.3 is 0 Å². The maximum Gasteiger partial charge on any atom is 0.0139 e. The van der Waals surface area contributed by atoms with Gasteiger partial charge in [-0.15, -0.1) is 0 Å². The Kier molecular flexibility index (Phi) is 5.16. The summed E-state index contributed by atoms with van der Waals surface area (Å²) in [5.41, 5.74) is 12.4. The van der Waals surface area contributed by atoms with E-state index in [9.17, 15) is 0 Å². The summed E-state index contributed by atoms with van der Waals surface area (Å²) in [4.78, 5) is 0. The van der Waals surface area contributed by atoms with Crippen LogP contribution >= 0.6 is 0 Å². The van der Waals surface area contributed by atoms with Crippen molar-refractivity contribution < 1.29 is 0 Å². The predicted molar refractivity (Wildman–Crippen MR) is 136 cm³/mol. The third-order valence-electron chi connectivity index (χ3n) is 7.08. The summed E-state index contributed by atoms with van der Waals surface area (Å²) in [5.74, 6) is 0.452. The van der Waals surface area contributed by atoms with Crippen LogP contribution in [0, 0.1) is 0 Å². The number of benzene rings is 2. The number of rotatable bonds is 2. The maximum absolute atomic E-state index is 2.57. The molecule has 164 valence electrons. The average Bonchev–Trinajstić information content (AvgIpc) is 3.25. The highest BCUT2D eigenvalue weighted by Crippen LogP contribution is 2.52. The smallest absolute Gasteiger partial charge is 0.0139 e. The molecule has 0 heteroatoms. The first-order chi connectivity index (χ1) is 14.3. The fraction of sp³-hybridized carbons (Fsp3) is 0.484. The minimum absolute atomic E-state index is 0.124. The summed E-state index contributed by atoms with van der Waals surface area (Å²) in [5, 5.41) is 0. The van der Waals surface area contributed by atoms with Crippen molar-refractivity contribution in [3.05, 3.63) is 82.0 Å². The number of allylic oxidation sites excluding steroid dienone is 4. The lowest BCUT2D eigenvalue weighted by atomic mass is 9.73. The van der Waals surface area contributed by atoms with E-state index in [-0.39, 0.29) is 16.2 Å². The predicted octanol–water partition coefficient (Wildman–Crippen LogP) is 8.97. The minimum atomic E-state index is 0.124. The second-order valence-corrected chi connectivity index (χ2v) is 12.8. The van der Waals surface area contributed by atoms with E-state index >= 15 is 0 Å². The molecule has 2 aliphatic rings. The van der Waals surface area contributed by atoms with Crippen LogP contribution < -0.4 is 0 Å². The molecule has 0 spiro atoms. The molecule has 1 atom stereocenters. The van der Waals surface area contributed by atoms with Gasteiger partial charge in [0.1, 0.15) is 0 Å². The molecule has 2 aliphatic carbocycles. The normalized spacial score (nSPS) is 18.2. The van der Waals surface area contributed by atoms with E-state index in [2.05, 4.69) is 111 Å². The lowest BCUT2D eigenvalue weighted by Crippen LogP contribution is -2.22. The number of fused-ring (bicyclic) bond motifs is 3.